The van der Waals surface area contributed by atoms with Gasteiger partial charge < -0.3 is 19.7 Å². The van der Waals surface area contributed by atoms with E-state index in [1.165, 1.54) is 12.0 Å². The zero-order valence-electron chi connectivity index (χ0n) is 27.3. The molecule has 11 atom stereocenters. The van der Waals surface area contributed by atoms with Crippen LogP contribution in [0.2, 0.25) is 0 Å². The van der Waals surface area contributed by atoms with Crippen molar-refractivity contribution in [2.75, 3.05) is 46.1 Å². The second-order valence-corrected chi connectivity index (χ2v) is 16.7. The maximum atomic E-state index is 14.2. The van der Waals surface area contributed by atoms with E-state index >= 15 is 0 Å². The minimum atomic E-state index is -0.421. The maximum Gasteiger partial charge on any atom is 0.312 e. The molecule has 1 saturated heterocycles. The summed E-state index contributed by atoms with van der Waals surface area (Å²) < 4.78 is 11.7. The number of morpholine rings is 1. The quantitative estimate of drug-likeness (QED) is 0.301. The van der Waals surface area contributed by atoms with E-state index in [4.69, 9.17) is 9.47 Å². The fraction of sp³-hybridized carbons (Fsp3) is 0.917. The summed E-state index contributed by atoms with van der Waals surface area (Å²) in [4.78, 5) is 16.5. The van der Waals surface area contributed by atoms with Gasteiger partial charge in [-0.15, -0.1) is 0 Å². The first-order chi connectivity index (χ1) is 19.9. The Labute approximate surface area is 255 Å². The van der Waals surface area contributed by atoms with Crippen LogP contribution in [0, 0.1) is 56.7 Å². The molecule has 6 nitrogen and oxygen atoms in total. The summed E-state index contributed by atoms with van der Waals surface area (Å²) in [5.74, 6) is 2.16. The third-order valence-corrected chi connectivity index (χ3v) is 15.3. The molecule has 0 aromatic carbocycles. The smallest absolute Gasteiger partial charge is 0.312 e. The highest BCUT2D eigenvalue weighted by Gasteiger charge is 2.72. The molecule has 238 valence electrons. The van der Waals surface area contributed by atoms with Gasteiger partial charge in [-0.1, -0.05) is 39.8 Å². The Hall–Kier alpha value is -0.950. The third-order valence-electron chi connectivity index (χ3n) is 15.3. The monoisotopic (exact) mass is 585 g/mol. The molecule has 0 spiro atoms. The van der Waals surface area contributed by atoms with Crippen LogP contribution in [0.5, 0.6) is 0 Å². The Kier molecular flexibility index (Phi) is 8.02. The fourth-order valence-corrected chi connectivity index (χ4v) is 12.8. The summed E-state index contributed by atoms with van der Waals surface area (Å²) >= 11 is 0. The molecule has 5 saturated carbocycles. The number of nitrogens with zero attached hydrogens (tertiary/aromatic N) is 1. The second-order valence-electron chi connectivity index (χ2n) is 16.7. The SMILES string of the molecule is C=C(C)[C@@H]1CC[C@]2(C(=O)OCCN3CCOCC3)CC[C@]3(C)[C@H](CC[C@@H]4[C@@]5(C)CC[C@H](O)[C@@](C)(CO)[C@@H]5CC[C@]43C)[C@@H]12. The van der Waals surface area contributed by atoms with Crippen molar-refractivity contribution < 1.29 is 24.5 Å². The van der Waals surface area contributed by atoms with Crippen LogP contribution in [0.25, 0.3) is 0 Å². The van der Waals surface area contributed by atoms with E-state index < -0.39 is 11.5 Å². The molecule has 0 unspecified atom stereocenters. The lowest BCUT2D eigenvalue weighted by atomic mass is 9.32. The summed E-state index contributed by atoms with van der Waals surface area (Å²) in [5.41, 5.74) is 0.886. The molecule has 2 N–H and O–H groups in total. The largest absolute Gasteiger partial charge is 0.464 e. The molecule has 1 aliphatic heterocycles. The Morgan fingerprint density at radius 3 is 2.36 bits per heavy atom. The predicted molar refractivity (Wildman–Crippen MR) is 165 cm³/mol. The van der Waals surface area contributed by atoms with Crippen molar-refractivity contribution in [2.24, 2.45) is 56.7 Å². The first-order valence-corrected chi connectivity index (χ1v) is 17.3. The van der Waals surface area contributed by atoms with Crippen molar-refractivity contribution in [1.29, 1.82) is 0 Å². The van der Waals surface area contributed by atoms with E-state index in [9.17, 15) is 15.0 Å². The number of aliphatic hydroxyl groups is 2. The van der Waals surface area contributed by atoms with Crippen molar-refractivity contribution in [3.8, 4) is 0 Å². The molecule has 6 rings (SSSR count). The van der Waals surface area contributed by atoms with Crippen molar-refractivity contribution in [3.63, 3.8) is 0 Å². The summed E-state index contributed by atoms with van der Waals surface area (Å²) in [6.07, 6.45) is 9.99. The number of ether oxygens (including phenoxy) is 2. The van der Waals surface area contributed by atoms with Gasteiger partial charge in [0.05, 0.1) is 31.3 Å². The van der Waals surface area contributed by atoms with Crippen LogP contribution in [0.1, 0.15) is 98.8 Å². The highest BCUT2D eigenvalue weighted by Crippen LogP contribution is 2.77. The molecule has 0 bridgehead atoms. The average Bonchev–Trinajstić information content (AvgIpc) is 3.37. The van der Waals surface area contributed by atoms with Gasteiger partial charge in [0, 0.05) is 25.0 Å². The first-order valence-electron chi connectivity index (χ1n) is 17.3. The molecule has 5 aliphatic carbocycles. The predicted octanol–water partition coefficient (Wildman–Crippen LogP) is 5.85. The molecule has 6 heteroatoms. The van der Waals surface area contributed by atoms with E-state index in [0.717, 1.165) is 90.6 Å². The van der Waals surface area contributed by atoms with Crippen LogP contribution in [0.15, 0.2) is 12.2 Å². The second kappa shape index (κ2) is 10.8. The van der Waals surface area contributed by atoms with Gasteiger partial charge in [-0.3, -0.25) is 9.69 Å². The average molecular weight is 586 g/mol. The third kappa shape index (κ3) is 4.27. The fourth-order valence-electron chi connectivity index (χ4n) is 12.8. The van der Waals surface area contributed by atoms with Crippen molar-refractivity contribution in [3.05, 3.63) is 12.2 Å². The van der Waals surface area contributed by atoms with E-state index in [1.807, 2.05) is 0 Å². The van der Waals surface area contributed by atoms with Crippen molar-refractivity contribution >= 4 is 5.97 Å². The zero-order chi connectivity index (χ0) is 30.1. The number of esters is 1. The summed E-state index contributed by atoms with van der Waals surface area (Å²) in [5, 5.41) is 21.6. The normalized spacial score (nSPS) is 50.6. The van der Waals surface area contributed by atoms with Crippen LogP contribution in [-0.2, 0) is 14.3 Å². The number of hydrogen-bond acceptors (Lipinski definition) is 6. The molecule has 0 aromatic rings. The molecule has 6 fully saturated rings. The number of aliphatic hydroxyl groups excluding tert-OH is 2. The number of hydrogen-bond donors (Lipinski definition) is 2. The number of rotatable bonds is 6. The molecule has 42 heavy (non-hydrogen) atoms. The van der Waals surface area contributed by atoms with E-state index in [2.05, 4.69) is 46.1 Å². The Morgan fingerprint density at radius 1 is 0.929 bits per heavy atom. The lowest BCUT2D eigenvalue weighted by Gasteiger charge is -2.72. The zero-order valence-corrected chi connectivity index (χ0v) is 27.3. The van der Waals surface area contributed by atoms with Crippen molar-refractivity contribution in [1.82, 2.24) is 4.90 Å². The van der Waals surface area contributed by atoms with Crippen LogP contribution in [0.4, 0.5) is 0 Å². The summed E-state index contributed by atoms with van der Waals surface area (Å²) in [7, 11) is 0. The summed E-state index contributed by atoms with van der Waals surface area (Å²) in [6.45, 7) is 21.2. The lowest BCUT2D eigenvalue weighted by Crippen LogP contribution is -2.67. The van der Waals surface area contributed by atoms with E-state index in [-0.39, 0.29) is 34.2 Å². The van der Waals surface area contributed by atoms with E-state index in [1.54, 1.807) is 0 Å². The molecule has 0 amide bonds. The van der Waals surface area contributed by atoms with Gasteiger partial charge in [0.25, 0.3) is 0 Å². The lowest BCUT2D eigenvalue weighted by molar-refractivity contribution is -0.254. The Bertz CT molecular complexity index is 1060. The summed E-state index contributed by atoms with van der Waals surface area (Å²) in [6, 6.07) is 0. The number of fused-ring (bicyclic) bond motifs is 7. The van der Waals surface area contributed by atoms with Crippen LogP contribution < -0.4 is 0 Å². The maximum absolute atomic E-state index is 14.2. The minimum absolute atomic E-state index is 0.0643. The Morgan fingerprint density at radius 2 is 1.67 bits per heavy atom. The number of carbonyl (C=O) groups excluding carboxylic acids is 1. The molecular formula is C36H59NO5. The standard InChI is InChI=1S/C36H59NO5/c1-24(2)25-9-14-36(31(40)42-22-19-37-17-20-41-21-18-37)16-15-34(5)26(30(25)36)7-8-28-32(3)12-11-29(39)33(4,23-38)27(32)10-13-35(28,34)6/h25-30,38-39H,1,7-23H2,2-6H3/t25-,26+,27+,28+,29-,30+,32-,33-,34+,35+,36-/m0/s1. The van der Waals surface area contributed by atoms with Crippen molar-refractivity contribution in [2.45, 2.75) is 105 Å². The van der Waals surface area contributed by atoms with Gasteiger partial charge in [-0.2, -0.15) is 0 Å². The van der Waals surface area contributed by atoms with Gasteiger partial charge >= 0.3 is 5.97 Å². The van der Waals surface area contributed by atoms with Crippen LogP contribution >= 0.6 is 0 Å². The van der Waals surface area contributed by atoms with Gasteiger partial charge in [-0.05, 0) is 117 Å². The number of allylic oxidation sites excluding steroid dienone is 1. The van der Waals surface area contributed by atoms with Gasteiger partial charge in [0.15, 0.2) is 0 Å². The topological polar surface area (TPSA) is 79.2 Å². The minimum Gasteiger partial charge on any atom is -0.464 e. The highest BCUT2D eigenvalue weighted by atomic mass is 16.5. The van der Waals surface area contributed by atoms with Crippen LogP contribution in [-0.4, -0.2) is 73.2 Å². The molecule has 1 heterocycles. The Balaban J connectivity index is 1.28. The van der Waals surface area contributed by atoms with Gasteiger partial charge in [0.2, 0.25) is 0 Å². The molecule has 0 aromatic heterocycles. The molecule has 0 radical (unpaired) electrons. The first kappa shape index (κ1) is 31.0. The van der Waals surface area contributed by atoms with Gasteiger partial charge in [0.1, 0.15) is 6.61 Å². The van der Waals surface area contributed by atoms with Gasteiger partial charge in [-0.25, -0.2) is 0 Å². The highest BCUT2D eigenvalue weighted by molar-refractivity contribution is 5.78. The number of carbonyl (C=O) groups is 1. The molecular weight excluding hydrogens is 526 g/mol. The van der Waals surface area contributed by atoms with Crippen LogP contribution in [0.3, 0.4) is 0 Å². The molecule has 6 aliphatic rings. The van der Waals surface area contributed by atoms with E-state index in [0.29, 0.717) is 36.2 Å².